The summed E-state index contributed by atoms with van der Waals surface area (Å²) in [4.78, 5) is 4.04. The monoisotopic (exact) mass is 535 g/mol. The Balaban J connectivity index is 1.33. The quantitative estimate of drug-likeness (QED) is 0.366. The van der Waals surface area contributed by atoms with E-state index in [9.17, 15) is 8.60 Å². The summed E-state index contributed by atoms with van der Waals surface area (Å²) < 4.78 is 30.8. The number of halogens is 1. The summed E-state index contributed by atoms with van der Waals surface area (Å²) in [6, 6.07) is 10.9. The van der Waals surface area contributed by atoms with Gasteiger partial charge in [-0.2, -0.15) is 15.0 Å². The summed E-state index contributed by atoms with van der Waals surface area (Å²) in [6.45, 7) is 10.1. The van der Waals surface area contributed by atoms with Crippen molar-refractivity contribution in [3.8, 4) is 5.69 Å². The van der Waals surface area contributed by atoms with Crippen molar-refractivity contribution in [2.45, 2.75) is 44.7 Å². The van der Waals surface area contributed by atoms with Gasteiger partial charge in [0.1, 0.15) is 16.8 Å². The fraction of sp³-hybridized carbons (Fsp3) is 0.464. The number of piperazine rings is 1. The van der Waals surface area contributed by atoms with E-state index in [4.69, 9.17) is 0 Å². The molecule has 6 rings (SSSR count). The van der Waals surface area contributed by atoms with Crippen molar-refractivity contribution in [3.05, 3.63) is 65.7 Å². The second-order valence-electron chi connectivity index (χ2n) is 11.6. The summed E-state index contributed by atoms with van der Waals surface area (Å²) in [5.74, 6) is 0.425. The zero-order valence-corrected chi connectivity index (χ0v) is 23.2. The first-order chi connectivity index (χ1) is 18.2. The lowest BCUT2D eigenvalue weighted by atomic mass is 9.64. The maximum absolute atomic E-state index is 13.5. The summed E-state index contributed by atoms with van der Waals surface area (Å²) in [7, 11) is 0.380. The first-order valence-corrected chi connectivity index (χ1v) is 14.3. The minimum absolute atomic E-state index is 0.103. The molecule has 8 nitrogen and oxygen atoms in total. The van der Waals surface area contributed by atoms with Gasteiger partial charge < -0.3 is 0 Å². The van der Waals surface area contributed by atoms with E-state index in [1.165, 1.54) is 35.3 Å². The molecule has 200 valence electrons. The summed E-state index contributed by atoms with van der Waals surface area (Å²) in [5, 5.41) is 14.6. The fourth-order valence-electron chi connectivity index (χ4n) is 6.31. The number of benzene rings is 2. The van der Waals surface area contributed by atoms with Gasteiger partial charge in [0.25, 0.3) is 0 Å². The lowest BCUT2D eigenvalue weighted by Gasteiger charge is -2.48. The number of aryl methyl sites for hydroxylation is 2. The molecule has 1 aliphatic carbocycles. The lowest BCUT2D eigenvalue weighted by molar-refractivity contribution is 0.0274. The van der Waals surface area contributed by atoms with Crippen molar-refractivity contribution in [3.63, 3.8) is 0 Å². The second kappa shape index (κ2) is 9.66. The average Bonchev–Trinajstić information content (AvgIpc) is 3.49. The van der Waals surface area contributed by atoms with Gasteiger partial charge in [0.05, 0.1) is 23.6 Å². The van der Waals surface area contributed by atoms with Gasteiger partial charge in [-0.1, -0.05) is 13.8 Å². The standard InChI is InChI=1S/C28H34FN7OS/c1-19-11-25-21(15-31-36(25)23-7-5-22(29)6-8-23)12-24(19)26-18-35(38(37)27-16-30-33(4)32-27)10-9-34(26)17-20-13-28(2,3)14-20/h5-8,11-12,15-16,20,26H,9-10,13-14,17-18H2,1-4H3. The molecule has 2 aromatic carbocycles. The fourth-order valence-corrected chi connectivity index (χ4v) is 7.42. The maximum atomic E-state index is 13.5. The molecule has 0 N–H and O–H groups in total. The maximum Gasteiger partial charge on any atom is 0.185 e. The van der Waals surface area contributed by atoms with E-state index < -0.39 is 11.0 Å². The number of aromatic nitrogens is 5. The predicted octanol–water partition coefficient (Wildman–Crippen LogP) is 4.42. The Morgan fingerprint density at radius 3 is 2.53 bits per heavy atom. The smallest absolute Gasteiger partial charge is 0.185 e. The molecule has 0 amide bonds. The van der Waals surface area contributed by atoms with Gasteiger partial charge in [0.15, 0.2) is 5.03 Å². The molecule has 1 saturated carbocycles. The van der Waals surface area contributed by atoms with E-state index >= 15 is 0 Å². The molecule has 3 heterocycles. The molecule has 1 aliphatic heterocycles. The van der Waals surface area contributed by atoms with E-state index in [0.29, 0.717) is 22.9 Å². The zero-order chi connectivity index (χ0) is 26.6. The number of rotatable bonds is 6. The van der Waals surface area contributed by atoms with Crippen LogP contribution in [0.1, 0.15) is 43.9 Å². The molecule has 0 bridgehead atoms. The Kier molecular flexibility index (Phi) is 6.44. The van der Waals surface area contributed by atoms with Crippen LogP contribution in [-0.4, -0.2) is 64.4 Å². The molecule has 2 unspecified atom stereocenters. The van der Waals surface area contributed by atoms with E-state index in [1.807, 2.05) is 15.2 Å². The molecular weight excluding hydrogens is 501 g/mol. The summed E-state index contributed by atoms with van der Waals surface area (Å²) in [5.41, 5.74) is 4.64. The van der Waals surface area contributed by atoms with E-state index in [0.717, 1.165) is 41.8 Å². The van der Waals surface area contributed by atoms with Gasteiger partial charge in [0, 0.05) is 44.7 Å². The predicted molar refractivity (Wildman–Crippen MR) is 146 cm³/mol. The third-order valence-electron chi connectivity index (χ3n) is 8.01. The van der Waals surface area contributed by atoms with E-state index in [-0.39, 0.29) is 11.9 Å². The van der Waals surface area contributed by atoms with E-state index in [2.05, 4.69) is 53.1 Å². The van der Waals surface area contributed by atoms with E-state index in [1.54, 1.807) is 25.4 Å². The van der Waals surface area contributed by atoms with Crippen molar-refractivity contribution < 1.29 is 8.60 Å². The van der Waals surface area contributed by atoms with Crippen LogP contribution in [-0.2, 0) is 18.0 Å². The highest BCUT2D eigenvalue weighted by atomic mass is 32.2. The van der Waals surface area contributed by atoms with Crippen molar-refractivity contribution in [2.24, 2.45) is 18.4 Å². The van der Waals surface area contributed by atoms with Gasteiger partial charge in [-0.3, -0.25) is 4.90 Å². The van der Waals surface area contributed by atoms with Gasteiger partial charge in [-0.15, -0.1) is 5.10 Å². The van der Waals surface area contributed by atoms with Crippen molar-refractivity contribution in [2.75, 3.05) is 26.2 Å². The number of fused-ring (bicyclic) bond motifs is 1. The SMILES string of the molecule is Cc1cc2c(cnn2-c2ccc(F)cc2)cc1C1CN(S(=O)c2cnn(C)n2)CCN1CC1CC(C)(C)C1. The first kappa shape index (κ1) is 25.3. The molecule has 2 aliphatic rings. The van der Waals surface area contributed by atoms with Crippen LogP contribution in [0.15, 0.2) is 53.8 Å². The number of hydrogen-bond donors (Lipinski definition) is 0. The second-order valence-corrected chi connectivity index (χ2v) is 13.0. The Morgan fingerprint density at radius 2 is 1.84 bits per heavy atom. The molecule has 2 atom stereocenters. The molecule has 0 spiro atoms. The normalized spacial score (nSPS) is 21.6. The molecule has 4 aromatic rings. The Bertz CT molecular complexity index is 1490. The van der Waals surface area contributed by atoms with Crippen molar-refractivity contribution in [1.29, 1.82) is 0 Å². The zero-order valence-electron chi connectivity index (χ0n) is 22.3. The summed E-state index contributed by atoms with van der Waals surface area (Å²) in [6.07, 6.45) is 5.95. The lowest BCUT2D eigenvalue weighted by Crippen LogP contribution is -2.52. The molecule has 38 heavy (non-hydrogen) atoms. The van der Waals surface area contributed by atoms with Crippen LogP contribution in [0.5, 0.6) is 0 Å². The molecule has 10 heteroatoms. The van der Waals surface area contributed by atoms with Gasteiger partial charge in [0.2, 0.25) is 0 Å². The van der Waals surface area contributed by atoms with Gasteiger partial charge >= 0.3 is 0 Å². The number of nitrogens with zero attached hydrogens (tertiary/aromatic N) is 7. The molecular formula is C28H34FN7OS. The highest BCUT2D eigenvalue weighted by Gasteiger charge is 2.40. The van der Waals surface area contributed by atoms with Crippen LogP contribution < -0.4 is 0 Å². The van der Waals surface area contributed by atoms with Crippen LogP contribution in [0.4, 0.5) is 4.39 Å². The van der Waals surface area contributed by atoms with Crippen LogP contribution >= 0.6 is 0 Å². The summed E-state index contributed by atoms with van der Waals surface area (Å²) >= 11 is 0. The third-order valence-corrected chi connectivity index (χ3v) is 9.35. The average molecular weight is 536 g/mol. The highest BCUT2D eigenvalue weighted by molar-refractivity contribution is 7.82. The Labute approximate surface area is 225 Å². The van der Waals surface area contributed by atoms with Crippen molar-refractivity contribution >= 4 is 21.9 Å². The molecule has 1 saturated heterocycles. The third kappa shape index (κ3) is 4.81. The van der Waals surface area contributed by atoms with Crippen LogP contribution in [0.3, 0.4) is 0 Å². The Morgan fingerprint density at radius 1 is 1.08 bits per heavy atom. The minimum Gasteiger partial charge on any atom is -0.293 e. The Hall–Kier alpha value is -2.95. The van der Waals surface area contributed by atoms with Crippen LogP contribution in [0.2, 0.25) is 0 Å². The van der Waals surface area contributed by atoms with Crippen LogP contribution in [0.25, 0.3) is 16.6 Å². The minimum atomic E-state index is -1.36. The number of hydrogen-bond acceptors (Lipinski definition) is 5. The van der Waals surface area contributed by atoms with Gasteiger partial charge in [-0.05, 0) is 78.6 Å². The molecule has 0 radical (unpaired) electrons. The highest BCUT2D eigenvalue weighted by Crippen LogP contribution is 2.46. The molecule has 2 fully saturated rings. The largest absolute Gasteiger partial charge is 0.293 e. The van der Waals surface area contributed by atoms with Gasteiger partial charge in [-0.25, -0.2) is 17.6 Å². The topological polar surface area (TPSA) is 72.1 Å². The first-order valence-electron chi connectivity index (χ1n) is 13.2. The van der Waals surface area contributed by atoms with Crippen molar-refractivity contribution in [1.82, 2.24) is 34.0 Å². The molecule has 2 aromatic heterocycles. The van der Waals surface area contributed by atoms with Crippen LogP contribution in [0, 0.1) is 24.1 Å².